The van der Waals surface area contributed by atoms with Crippen LogP contribution in [0.15, 0.2) is 14.7 Å². The molecule has 2 rings (SSSR count). The lowest BCUT2D eigenvalue weighted by Gasteiger charge is -2.08. The normalized spacial score (nSPS) is 11.5. The number of rotatable bonds is 11. The number of hydrogen-bond donors (Lipinski definition) is 1. The maximum atomic E-state index is 12.3. The number of aromatic amines is 1. The van der Waals surface area contributed by atoms with Gasteiger partial charge >= 0.3 is 5.69 Å². The highest BCUT2D eigenvalue weighted by atomic mass is 32.2. The first kappa shape index (κ1) is 19.8. The number of fused-ring (bicyclic) bond motifs is 1. The van der Waals surface area contributed by atoms with E-state index in [1.54, 1.807) is 18.8 Å². The minimum atomic E-state index is -0.415. The zero-order chi connectivity index (χ0) is 18.2. The van der Waals surface area contributed by atoms with Crippen molar-refractivity contribution in [3.05, 3.63) is 20.8 Å². The number of nitrogens with one attached hydrogen (secondary N) is 1. The smallest absolute Gasteiger partial charge is 0.313 e. The summed E-state index contributed by atoms with van der Waals surface area (Å²) >= 11 is 1.61. The van der Waals surface area contributed by atoms with Gasteiger partial charge in [-0.25, -0.2) is 9.78 Å². The molecule has 2 aromatic heterocycles. The van der Waals surface area contributed by atoms with Gasteiger partial charge in [-0.05, 0) is 12.2 Å². The lowest BCUT2D eigenvalue weighted by molar-refractivity contribution is 0.533. The molecule has 0 saturated heterocycles. The van der Waals surface area contributed by atoms with Gasteiger partial charge in [0.25, 0.3) is 5.56 Å². The van der Waals surface area contributed by atoms with E-state index in [4.69, 9.17) is 0 Å². The van der Waals surface area contributed by atoms with E-state index in [0.29, 0.717) is 11.2 Å². The van der Waals surface area contributed by atoms with E-state index in [0.717, 1.165) is 30.3 Å². The van der Waals surface area contributed by atoms with Crippen molar-refractivity contribution in [2.24, 2.45) is 7.05 Å². The van der Waals surface area contributed by atoms with Crippen LogP contribution in [-0.4, -0.2) is 24.9 Å². The molecule has 6 nitrogen and oxygen atoms in total. The largest absolute Gasteiger partial charge is 0.329 e. The molecule has 140 valence electrons. The molecule has 0 aliphatic heterocycles. The lowest BCUT2D eigenvalue weighted by Crippen LogP contribution is -2.29. The molecule has 0 radical (unpaired) electrons. The molecule has 0 atom stereocenters. The maximum Gasteiger partial charge on any atom is 0.329 e. The van der Waals surface area contributed by atoms with Gasteiger partial charge in [-0.2, -0.15) is 0 Å². The summed E-state index contributed by atoms with van der Waals surface area (Å²) in [5.41, 5.74) is 0.237. The number of aryl methyl sites for hydroxylation is 2. The summed E-state index contributed by atoms with van der Waals surface area (Å²) in [7, 11) is 1.65. The molecule has 0 bridgehead atoms. The zero-order valence-electron chi connectivity index (χ0n) is 15.6. The molecule has 0 spiro atoms. The van der Waals surface area contributed by atoms with Crippen molar-refractivity contribution in [2.45, 2.75) is 76.9 Å². The quantitative estimate of drug-likeness (QED) is 0.486. The van der Waals surface area contributed by atoms with Crippen LogP contribution in [0.1, 0.15) is 65.2 Å². The summed E-state index contributed by atoms with van der Waals surface area (Å²) in [6.45, 7) is 5.07. The van der Waals surface area contributed by atoms with Gasteiger partial charge in [-0.3, -0.25) is 14.3 Å². The number of thioether (sulfide) groups is 1. The van der Waals surface area contributed by atoms with Crippen LogP contribution in [0.2, 0.25) is 0 Å². The monoisotopic (exact) mass is 366 g/mol. The molecule has 0 aromatic carbocycles. The first-order valence-electron chi connectivity index (χ1n) is 9.42. The Kier molecular flexibility index (Phi) is 7.81. The molecule has 0 saturated carbocycles. The first-order valence-corrected chi connectivity index (χ1v) is 10.4. The Bertz CT molecular complexity index is 791. The lowest BCUT2D eigenvalue weighted by atomic mass is 10.1. The molecule has 7 heteroatoms. The second kappa shape index (κ2) is 9.85. The molecular formula is C18H30N4O2S. The van der Waals surface area contributed by atoms with Crippen LogP contribution < -0.4 is 11.2 Å². The highest BCUT2D eigenvalue weighted by Crippen LogP contribution is 2.22. The van der Waals surface area contributed by atoms with Gasteiger partial charge in [-0.15, -0.1) is 0 Å². The molecule has 0 unspecified atom stereocenters. The van der Waals surface area contributed by atoms with Crippen molar-refractivity contribution < 1.29 is 0 Å². The van der Waals surface area contributed by atoms with Gasteiger partial charge in [0, 0.05) is 13.6 Å². The number of imidazole rings is 1. The topological polar surface area (TPSA) is 72.7 Å². The van der Waals surface area contributed by atoms with E-state index in [1.807, 2.05) is 4.57 Å². The fraction of sp³-hybridized carbons (Fsp3) is 0.722. The van der Waals surface area contributed by atoms with Gasteiger partial charge in [0.1, 0.15) is 0 Å². The van der Waals surface area contributed by atoms with Crippen molar-refractivity contribution in [3.8, 4) is 0 Å². The summed E-state index contributed by atoms with van der Waals surface area (Å²) in [6.07, 6.45) is 9.98. The van der Waals surface area contributed by atoms with E-state index < -0.39 is 5.69 Å². The minimum absolute atomic E-state index is 0.340. The molecule has 0 aliphatic carbocycles. The van der Waals surface area contributed by atoms with Crippen LogP contribution in [0.25, 0.3) is 11.2 Å². The van der Waals surface area contributed by atoms with E-state index >= 15 is 0 Å². The van der Waals surface area contributed by atoms with Crippen molar-refractivity contribution in [2.75, 3.05) is 5.75 Å². The second-order valence-corrected chi connectivity index (χ2v) is 7.68. The van der Waals surface area contributed by atoms with Crippen LogP contribution in [0.3, 0.4) is 0 Å². The highest BCUT2D eigenvalue weighted by molar-refractivity contribution is 7.99. The Morgan fingerprint density at radius 3 is 2.28 bits per heavy atom. The van der Waals surface area contributed by atoms with Gasteiger partial charge in [0.15, 0.2) is 16.3 Å². The molecule has 0 amide bonds. The molecule has 0 fully saturated rings. The van der Waals surface area contributed by atoms with Gasteiger partial charge in [0.05, 0.1) is 0 Å². The highest BCUT2D eigenvalue weighted by Gasteiger charge is 2.16. The number of nitrogens with zero attached hydrogens (tertiary/aromatic N) is 3. The van der Waals surface area contributed by atoms with Gasteiger partial charge in [0.2, 0.25) is 0 Å². The van der Waals surface area contributed by atoms with Crippen LogP contribution in [0.5, 0.6) is 0 Å². The predicted octanol–water partition coefficient (Wildman–Crippen LogP) is 3.68. The Morgan fingerprint density at radius 1 is 1.00 bits per heavy atom. The Balaban J connectivity index is 2.06. The Labute approximate surface area is 153 Å². The van der Waals surface area contributed by atoms with Crippen molar-refractivity contribution >= 4 is 22.9 Å². The van der Waals surface area contributed by atoms with Crippen LogP contribution in [-0.2, 0) is 13.6 Å². The first-order chi connectivity index (χ1) is 12.1. The SMILES string of the molecule is CCCCCCCCCCn1c(SCC)nc2c1c(=O)[nH]c(=O)n2C. The summed E-state index contributed by atoms with van der Waals surface area (Å²) in [5.74, 6) is 0.882. The molecule has 1 N–H and O–H groups in total. The average Bonchev–Trinajstić information content (AvgIpc) is 2.95. The van der Waals surface area contributed by atoms with Gasteiger partial charge in [-0.1, -0.05) is 70.6 Å². The summed E-state index contributed by atoms with van der Waals surface area (Å²) in [5, 5.41) is 0.826. The van der Waals surface area contributed by atoms with Gasteiger partial charge < -0.3 is 4.57 Å². The molecule has 2 aromatic rings. The third-order valence-electron chi connectivity index (χ3n) is 4.48. The molecule has 2 heterocycles. The summed E-state index contributed by atoms with van der Waals surface area (Å²) in [4.78, 5) is 31.0. The maximum absolute atomic E-state index is 12.3. The van der Waals surface area contributed by atoms with Crippen LogP contribution >= 0.6 is 11.8 Å². The van der Waals surface area contributed by atoms with Crippen molar-refractivity contribution in [1.29, 1.82) is 0 Å². The number of hydrogen-bond acceptors (Lipinski definition) is 4. The predicted molar refractivity (Wildman–Crippen MR) is 105 cm³/mol. The van der Waals surface area contributed by atoms with E-state index in [9.17, 15) is 9.59 Å². The molecule has 0 aliphatic rings. The van der Waals surface area contributed by atoms with E-state index in [2.05, 4.69) is 23.8 Å². The van der Waals surface area contributed by atoms with Crippen LogP contribution in [0.4, 0.5) is 0 Å². The number of unbranched alkanes of at least 4 members (excludes halogenated alkanes) is 7. The third-order valence-corrected chi connectivity index (χ3v) is 5.34. The second-order valence-electron chi connectivity index (χ2n) is 6.44. The zero-order valence-corrected chi connectivity index (χ0v) is 16.5. The molecule has 25 heavy (non-hydrogen) atoms. The van der Waals surface area contributed by atoms with Crippen molar-refractivity contribution in [1.82, 2.24) is 19.1 Å². The number of aromatic nitrogens is 4. The Hall–Kier alpha value is -1.50. The summed E-state index contributed by atoms with van der Waals surface area (Å²) < 4.78 is 3.40. The number of H-pyrrole nitrogens is 1. The average molecular weight is 367 g/mol. The standard InChI is InChI=1S/C18H30N4O2S/c1-4-6-7-8-9-10-11-12-13-22-14-15(19-18(22)25-5-2)21(3)17(24)20-16(14)23/h4-13H2,1-3H3,(H,20,23,24). The molecular weight excluding hydrogens is 336 g/mol. The summed E-state index contributed by atoms with van der Waals surface area (Å²) in [6, 6.07) is 0. The fourth-order valence-corrected chi connectivity index (χ4v) is 3.81. The van der Waals surface area contributed by atoms with E-state index in [1.165, 1.54) is 43.1 Å². The fourth-order valence-electron chi connectivity index (χ4n) is 3.07. The Morgan fingerprint density at radius 2 is 1.64 bits per heavy atom. The minimum Gasteiger partial charge on any atom is -0.313 e. The van der Waals surface area contributed by atoms with Crippen molar-refractivity contribution in [3.63, 3.8) is 0 Å². The third kappa shape index (κ3) is 5.00. The van der Waals surface area contributed by atoms with E-state index in [-0.39, 0.29) is 5.56 Å². The van der Waals surface area contributed by atoms with Crippen LogP contribution in [0, 0.1) is 0 Å².